The average Bonchev–Trinajstić information content (AvgIpc) is 2.78. The Kier molecular flexibility index (Phi) is 7.79. The molecule has 1 atom stereocenters. The summed E-state index contributed by atoms with van der Waals surface area (Å²) >= 11 is 5.89. The number of carbonyl (C=O) groups is 3. The van der Waals surface area contributed by atoms with Crippen LogP contribution in [0, 0.1) is 0 Å². The Morgan fingerprint density at radius 2 is 1.55 bits per heavy atom. The van der Waals surface area contributed by atoms with Crippen LogP contribution in [-0.4, -0.2) is 24.4 Å². The van der Waals surface area contributed by atoms with Crippen LogP contribution in [-0.2, 0) is 14.3 Å². The van der Waals surface area contributed by atoms with Gasteiger partial charge in [-0.25, -0.2) is 0 Å². The van der Waals surface area contributed by atoms with Crippen LogP contribution in [0.5, 0.6) is 0 Å². The number of ether oxygens (including phenoxy) is 1. The Hall–Kier alpha value is -3.64. The summed E-state index contributed by atoms with van der Waals surface area (Å²) in [5, 5.41) is 5.95. The zero-order chi connectivity index (χ0) is 22.1. The molecule has 0 radical (unpaired) electrons. The summed E-state index contributed by atoms with van der Waals surface area (Å²) in [5.74, 6) is -1.40. The van der Waals surface area contributed by atoms with Gasteiger partial charge < -0.3 is 15.4 Å². The van der Waals surface area contributed by atoms with E-state index in [1.165, 1.54) is 0 Å². The number of amides is 2. The monoisotopic (exact) mass is 436 g/mol. The number of rotatable bonds is 8. The second-order valence-corrected chi connectivity index (χ2v) is 7.16. The van der Waals surface area contributed by atoms with Gasteiger partial charge in [-0.05, 0) is 35.9 Å². The van der Waals surface area contributed by atoms with Crippen molar-refractivity contribution < 1.29 is 19.1 Å². The van der Waals surface area contributed by atoms with E-state index in [9.17, 15) is 14.4 Å². The number of hydrogen-bond acceptors (Lipinski definition) is 4. The SMILES string of the molecule is O=C(COC(=O)C[C@@H](NC(=O)c1ccccc1)c1ccccc1)Nc1cccc(Cl)c1. The highest BCUT2D eigenvalue weighted by Crippen LogP contribution is 2.19. The summed E-state index contributed by atoms with van der Waals surface area (Å²) in [5.41, 5.74) is 1.75. The fourth-order valence-electron chi connectivity index (χ4n) is 2.90. The number of nitrogens with one attached hydrogen (secondary N) is 2. The molecule has 0 unspecified atom stereocenters. The molecule has 0 saturated carbocycles. The second-order valence-electron chi connectivity index (χ2n) is 6.73. The summed E-state index contributed by atoms with van der Waals surface area (Å²) in [7, 11) is 0. The maximum absolute atomic E-state index is 12.6. The third kappa shape index (κ3) is 6.97. The van der Waals surface area contributed by atoms with Gasteiger partial charge in [-0.15, -0.1) is 0 Å². The Bertz CT molecular complexity index is 1040. The molecule has 0 aliphatic carbocycles. The first kappa shape index (κ1) is 22.1. The van der Waals surface area contributed by atoms with E-state index in [0.29, 0.717) is 16.3 Å². The molecule has 2 N–H and O–H groups in total. The maximum Gasteiger partial charge on any atom is 0.308 e. The highest BCUT2D eigenvalue weighted by molar-refractivity contribution is 6.30. The molecule has 0 saturated heterocycles. The quantitative estimate of drug-likeness (QED) is 0.513. The lowest BCUT2D eigenvalue weighted by Gasteiger charge is -2.19. The van der Waals surface area contributed by atoms with Crippen LogP contribution >= 0.6 is 11.6 Å². The van der Waals surface area contributed by atoms with Crippen LogP contribution in [0.25, 0.3) is 0 Å². The molecular formula is C24H21ClN2O4. The Morgan fingerprint density at radius 1 is 0.871 bits per heavy atom. The third-order valence-corrected chi connectivity index (χ3v) is 4.62. The van der Waals surface area contributed by atoms with Crippen molar-refractivity contribution in [1.29, 1.82) is 0 Å². The normalized spacial score (nSPS) is 11.3. The molecule has 158 valence electrons. The molecule has 0 spiro atoms. The average molecular weight is 437 g/mol. The highest BCUT2D eigenvalue weighted by atomic mass is 35.5. The first-order chi connectivity index (χ1) is 15.0. The predicted octanol–water partition coefficient (Wildman–Crippen LogP) is 4.38. The van der Waals surface area contributed by atoms with Gasteiger partial charge in [-0.3, -0.25) is 14.4 Å². The minimum Gasteiger partial charge on any atom is -0.455 e. The van der Waals surface area contributed by atoms with E-state index in [-0.39, 0.29) is 12.3 Å². The standard InChI is InChI=1S/C24H21ClN2O4/c25-19-12-7-13-20(14-19)26-22(28)16-31-23(29)15-21(17-8-3-1-4-9-17)27-24(30)18-10-5-2-6-11-18/h1-14,21H,15-16H2,(H,26,28)(H,27,30)/t21-/m1/s1. The lowest BCUT2D eigenvalue weighted by Crippen LogP contribution is -2.31. The van der Waals surface area contributed by atoms with Gasteiger partial charge in [-0.1, -0.05) is 66.2 Å². The second kappa shape index (κ2) is 10.9. The predicted molar refractivity (Wildman–Crippen MR) is 119 cm³/mol. The molecule has 7 heteroatoms. The molecule has 2 amide bonds. The van der Waals surface area contributed by atoms with Crippen LogP contribution in [0.1, 0.15) is 28.4 Å². The van der Waals surface area contributed by atoms with Crippen molar-refractivity contribution in [3.8, 4) is 0 Å². The molecule has 0 fully saturated rings. The molecule has 0 aromatic heterocycles. The number of anilines is 1. The van der Waals surface area contributed by atoms with Crippen molar-refractivity contribution >= 4 is 35.1 Å². The number of hydrogen-bond donors (Lipinski definition) is 2. The van der Waals surface area contributed by atoms with Gasteiger partial charge in [0, 0.05) is 16.3 Å². The smallest absolute Gasteiger partial charge is 0.308 e. The first-order valence-corrected chi connectivity index (χ1v) is 10.0. The molecule has 31 heavy (non-hydrogen) atoms. The fraction of sp³-hybridized carbons (Fsp3) is 0.125. The van der Waals surface area contributed by atoms with Crippen LogP contribution < -0.4 is 10.6 Å². The van der Waals surface area contributed by atoms with Crippen LogP contribution in [0.2, 0.25) is 5.02 Å². The van der Waals surface area contributed by atoms with Crippen LogP contribution in [0.3, 0.4) is 0 Å². The zero-order valence-electron chi connectivity index (χ0n) is 16.6. The van der Waals surface area contributed by atoms with E-state index in [1.807, 2.05) is 36.4 Å². The summed E-state index contributed by atoms with van der Waals surface area (Å²) in [6.45, 7) is -0.445. The molecular weight excluding hydrogens is 416 g/mol. The van der Waals surface area contributed by atoms with E-state index < -0.39 is 24.5 Å². The molecule has 6 nitrogen and oxygen atoms in total. The van der Waals surface area contributed by atoms with Gasteiger partial charge in [0.15, 0.2) is 6.61 Å². The largest absolute Gasteiger partial charge is 0.455 e. The van der Waals surface area contributed by atoms with Crippen molar-refractivity contribution in [2.45, 2.75) is 12.5 Å². The van der Waals surface area contributed by atoms with E-state index in [1.54, 1.807) is 48.5 Å². The Morgan fingerprint density at radius 3 is 2.23 bits per heavy atom. The Labute approximate surface area is 185 Å². The number of benzene rings is 3. The minimum absolute atomic E-state index is 0.118. The number of esters is 1. The van der Waals surface area contributed by atoms with Crippen molar-refractivity contribution in [2.24, 2.45) is 0 Å². The van der Waals surface area contributed by atoms with Gasteiger partial charge in [0.2, 0.25) is 0 Å². The number of carbonyl (C=O) groups excluding carboxylic acids is 3. The zero-order valence-corrected chi connectivity index (χ0v) is 17.3. The van der Waals surface area contributed by atoms with Gasteiger partial charge in [0.1, 0.15) is 0 Å². The van der Waals surface area contributed by atoms with Gasteiger partial charge in [0.05, 0.1) is 12.5 Å². The molecule has 3 aromatic carbocycles. The molecule has 0 aliphatic heterocycles. The Balaban J connectivity index is 1.59. The van der Waals surface area contributed by atoms with Crippen molar-refractivity contribution in [3.05, 3.63) is 101 Å². The molecule has 3 aromatic rings. The topological polar surface area (TPSA) is 84.5 Å². The third-order valence-electron chi connectivity index (χ3n) is 4.39. The van der Waals surface area contributed by atoms with E-state index >= 15 is 0 Å². The summed E-state index contributed by atoms with van der Waals surface area (Å²) in [4.78, 5) is 37.0. The van der Waals surface area contributed by atoms with E-state index in [2.05, 4.69) is 10.6 Å². The first-order valence-electron chi connectivity index (χ1n) is 9.63. The van der Waals surface area contributed by atoms with E-state index in [4.69, 9.17) is 16.3 Å². The highest BCUT2D eigenvalue weighted by Gasteiger charge is 2.20. The molecule has 3 rings (SSSR count). The van der Waals surface area contributed by atoms with Gasteiger partial charge >= 0.3 is 5.97 Å². The summed E-state index contributed by atoms with van der Waals surface area (Å²) in [6.07, 6.45) is -0.118. The fourth-order valence-corrected chi connectivity index (χ4v) is 3.09. The van der Waals surface area contributed by atoms with Gasteiger partial charge in [-0.2, -0.15) is 0 Å². The lowest BCUT2D eigenvalue weighted by molar-refractivity contribution is -0.147. The summed E-state index contributed by atoms with van der Waals surface area (Å²) < 4.78 is 5.11. The van der Waals surface area contributed by atoms with Crippen LogP contribution in [0.15, 0.2) is 84.9 Å². The summed E-state index contributed by atoms with van der Waals surface area (Å²) in [6, 6.07) is 23.9. The molecule has 0 bridgehead atoms. The maximum atomic E-state index is 12.6. The molecule has 0 aliphatic rings. The van der Waals surface area contributed by atoms with Crippen molar-refractivity contribution in [2.75, 3.05) is 11.9 Å². The van der Waals surface area contributed by atoms with Crippen molar-refractivity contribution in [1.82, 2.24) is 5.32 Å². The van der Waals surface area contributed by atoms with E-state index in [0.717, 1.165) is 5.56 Å². The van der Waals surface area contributed by atoms with Crippen LogP contribution in [0.4, 0.5) is 5.69 Å². The van der Waals surface area contributed by atoms with Crippen molar-refractivity contribution in [3.63, 3.8) is 0 Å². The number of halogens is 1. The lowest BCUT2D eigenvalue weighted by atomic mass is 10.0. The minimum atomic E-state index is -0.608. The van der Waals surface area contributed by atoms with Gasteiger partial charge in [0.25, 0.3) is 11.8 Å². The molecule has 0 heterocycles.